The number of hydrogen-bond donors (Lipinski definition) is 2. The van der Waals surface area contributed by atoms with Gasteiger partial charge in [0.2, 0.25) is 15.9 Å². The summed E-state index contributed by atoms with van der Waals surface area (Å²) in [5, 5.41) is 2.93. The van der Waals surface area contributed by atoms with E-state index in [-0.39, 0.29) is 22.9 Å². The van der Waals surface area contributed by atoms with Crippen molar-refractivity contribution in [1.29, 1.82) is 0 Å². The lowest BCUT2D eigenvalue weighted by Gasteiger charge is -2.31. The average molecular weight is 429 g/mol. The van der Waals surface area contributed by atoms with Gasteiger partial charge in [0.25, 0.3) is 0 Å². The number of H-pyrrole nitrogens is 1. The van der Waals surface area contributed by atoms with E-state index in [1.54, 1.807) is 0 Å². The van der Waals surface area contributed by atoms with Crippen molar-refractivity contribution in [2.24, 2.45) is 5.92 Å². The minimum absolute atomic E-state index is 0.0443. The average Bonchev–Trinajstić information content (AvgIpc) is 3.13. The highest BCUT2D eigenvalue weighted by molar-refractivity contribution is 7.89. The normalized spacial score (nSPS) is 17.8. The molecule has 1 saturated heterocycles. The van der Waals surface area contributed by atoms with E-state index in [9.17, 15) is 18.0 Å². The third-order valence-electron chi connectivity index (χ3n) is 5.34. The first-order valence-electron chi connectivity index (χ1n) is 9.88. The van der Waals surface area contributed by atoms with Crippen molar-refractivity contribution in [3.05, 3.63) is 64.6 Å². The number of fused-ring (bicyclic) bond motifs is 1. The molecule has 9 heteroatoms. The molecule has 1 atom stereocenters. The fourth-order valence-electron chi connectivity index (χ4n) is 3.73. The molecule has 1 fully saturated rings. The number of nitrogens with one attached hydrogen (secondary N) is 2. The second-order valence-corrected chi connectivity index (χ2v) is 9.34. The number of rotatable bonds is 6. The molecule has 1 amide bonds. The largest absolute Gasteiger partial charge is 0.417 e. The summed E-state index contributed by atoms with van der Waals surface area (Å²) in [5.41, 5.74) is 1.76. The van der Waals surface area contributed by atoms with E-state index < -0.39 is 21.7 Å². The molecule has 0 spiro atoms. The molecule has 3 aromatic rings. The van der Waals surface area contributed by atoms with Crippen LogP contribution in [0.1, 0.15) is 18.4 Å². The SMILES string of the molecule is O=C(NCCc1ccccc1)C1CCCN(S(=O)(=O)c2ccc3[nH]c(=O)oc3c2)C1. The van der Waals surface area contributed by atoms with Crippen molar-refractivity contribution >= 4 is 27.0 Å². The molecule has 1 unspecified atom stereocenters. The van der Waals surface area contributed by atoms with E-state index in [4.69, 9.17) is 4.42 Å². The molecular weight excluding hydrogens is 406 g/mol. The van der Waals surface area contributed by atoms with Crippen LogP contribution in [0.5, 0.6) is 0 Å². The smallest absolute Gasteiger partial charge is 0.408 e. The van der Waals surface area contributed by atoms with Crippen LogP contribution < -0.4 is 11.1 Å². The van der Waals surface area contributed by atoms with E-state index in [2.05, 4.69) is 10.3 Å². The molecule has 0 radical (unpaired) electrons. The van der Waals surface area contributed by atoms with Crippen LogP contribution in [0.4, 0.5) is 0 Å². The van der Waals surface area contributed by atoms with Gasteiger partial charge in [0, 0.05) is 25.7 Å². The molecule has 2 aromatic carbocycles. The lowest BCUT2D eigenvalue weighted by Crippen LogP contribution is -2.45. The monoisotopic (exact) mass is 429 g/mol. The van der Waals surface area contributed by atoms with Crippen LogP contribution in [-0.2, 0) is 21.2 Å². The van der Waals surface area contributed by atoms with Crippen molar-refractivity contribution in [2.75, 3.05) is 19.6 Å². The third kappa shape index (κ3) is 4.31. The first-order chi connectivity index (χ1) is 14.4. The summed E-state index contributed by atoms with van der Waals surface area (Å²) in [6, 6.07) is 14.1. The Morgan fingerprint density at radius 3 is 2.80 bits per heavy atom. The summed E-state index contributed by atoms with van der Waals surface area (Å²) in [6.07, 6.45) is 1.98. The minimum Gasteiger partial charge on any atom is -0.408 e. The molecule has 0 aliphatic carbocycles. The zero-order valence-corrected chi connectivity index (χ0v) is 17.2. The molecule has 30 heavy (non-hydrogen) atoms. The quantitative estimate of drug-likeness (QED) is 0.621. The van der Waals surface area contributed by atoms with Gasteiger partial charge >= 0.3 is 5.76 Å². The highest BCUT2D eigenvalue weighted by atomic mass is 32.2. The van der Waals surface area contributed by atoms with Crippen LogP contribution in [0.15, 0.2) is 62.6 Å². The standard InChI is InChI=1S/C21H23N3O5S/c25-20(22-11-10-15-5-2-1-3-6-15)16-7-4-12-24(14-16)30(27,28)17-8-9-18-19(13-17)29-21(26)23-18/h1-3,5-6,8-9,13,16H,4,7,10-12,14H2,(H,22,25)(H,23,26). The molecule has 0 bridgehead atoms. The lowest BCUT2D eigenvalue weighted by molar-refractivity contribution is -0.126. The molecule has 8 nitrogen and oxygen atoms in total. The lowest BCUT2D eigenvalue weighted by atomic mass is 9.99. The van der Waals surface area contributed by atoms with Gasteiger partial charge in [-0.15, -0.1) is 0 Å². The minimum atomic E-state index is -3.80. The summed E-state index contributed by atoms with van der Waals surface area (Å²) in [6.45, 7) is 0.995. The number of aromatic nitrogens is 1. The van der Waals surface area contributed by atoms with E-state index >= 15 is 0 Å². The van der Waals surface area contributed by atoms with E-state index in [0.717, 1.165) is 12.0 Å². The Morgan fingerprint density at radius 1 is 1.20 bits per heavy atom. The predicted octanol–water partition coefficient (Wildman–Crippen LogP) is 1.88. The van der Waals surface area contributed by atoms with Gasteiger partial charge in [-0.05, 0) is 37.0 Å². The highest BCUT2D eigenvalue weighted by Gasteiger charge is 2.33. The first-order valence-corrected chi connectivity index (χ1v) is 11.3. The second-order valence-electron chi connectivity index (χ2n) is 7.40. The molecule has 2 N–H and O–H groups in total. The maximum atomic E-state index is 13.1. The molecular formula is C21H23N3O5S. The highest BCUT2D eigenvalue weighted by Crippen LogP contribution is 2.25. The van der Waals surface area contributed by atoms with Crippen molar-refractivity contribution in [3.63, 3.8) is 0 Å². The van der Waals surface area contributed by atoms with Crippen LogP contribution >= 0.6 is 0 Å². The molecule has 158 valence electrons. The van der Waals surface area contributed by atoms with Crippen molar-refractivity contribution in [3.8, 4) is 0 Å². The van der Waals surface area contributed by atoms with Crippen LogP contribution in [0.25, 0.3) is 11.1 Å². The molecule has 1 aliphatic rings. The Bertz CT molecular complexity index is 1200. The van der Waals surface area contributed by atoms with Gasteiger partial charge in [0.15, 0.2) is 5.58 Å². The zero-order valence-electron chi connectivity index (χ0n) is 16.3. The van der Waals surface area contributed by atoms with Gasteiger partial charge in [0.1, 0.15) is 0 Å². The number of sulfonamides is 1. The van der Waals surface area contributed by atoms with Crippen molar-refractivity contribution in [1.82, 2.24) is 14.6 Å². The van der Waals surface area contributed by atoms with Crippen LogP contribution in [0.3, 0.4) is 0 Å². The van der Waals surface area contributed by atoms with Crippen molar-refractivity contribution in [2.45, 2.75) is 24.2 Å². The van der Waals surface area contributed by atoms with Crippen molar-refractivity contribution < 1.29 is 17.6 Å². The third-order valence-corrected chi connectivity index (χ3v) is 7.20. The molecule has 0 saturated carbocycles. The van der Waals surface area contributed by atoms with Gasteiger partial charge in [-0.3, -0.25) is 9.78 Å². The van der Waals surface area contributed by atoms with Crippen LogP contribution in [0.2, 0.25) is 0 Å². The molecule has 2 heterocycles. The number of piperidine rings is 1. The van der Waals surface area contributed by atoms with Gasteiger partial charge in [-0.25, -0.2) is 13.2 Å². The molecule has 1 aliphatic heterocycles. The number of benzene rings is 2. The number of hydrogen-bond acceptors (Lipinski definition) is 5. The number of oxazole rings is 1. The number of aromatic amines is 1. The number of carbonyl (C=O) groups excluding carboxylic acids is 1. The second kappa shape index (κ2) is 8.45. The van der Waals surface area contributed by atoms with Gasteiger partial charge in [-0.1, -0.05) is 30.3 Å². The predicted molar refractivity (Wildman–Crippen MR) is 111 cm³/mol. The number of amides is 1. The number of carbonyl (C=O) groups is 1. The molecule has 1 aromatic heterocycles. The maximum Gasteiger partial charge on any atom is 0.417 e. The summed E-state index contributed by atoms with van der Waals surface area (Å²) in [7, 11) is -3.80. The topological polar surface area (TPSA) is 112 Å². The van der Waals surface area contributed by atoms with Crippen LogP contribution in [0, 0.1) is 5.92 Å². The van der Waals surface area contributed by atoms with Gasteiger partial charge in [0.05, 0.1) is 16.3 Å². The Morgan fingerprint density at radius 2 is 2.00 bits per heavy atom. The zero-order chi connectivity index (χ0) is 21.1. The summed E-state index contributed by atoms with van der Waals surface area (Å²) < 4.78 is 32.4. The Labute approximate surface area is 173 Å². The fourth-order valence-corrected chi connectivity index (χ4v) is 5.27. The fraction of sp³-hybridized carbons (Fsp3) is 0.333. The Kier molecular flexibility index (Phi) is 5.74. The Balaban J connectivity index is 1.41. The van der Waals surface area contributed by atoms with E-state index in [1.165, 1.54) is 22.5 Å². The van der Waals surface area contributed by atoms with E-state index in [1.807, 2.05) is 30.3 Å². The van der Waals surface area contributed by atoms with Gasteiger partial charge in [-0.2, -0.15) is 4.31 Å². The van der Waals surface area contributed by atoms with Gasteiger partial charge < -0.3 is 9.73 Å². The summed E-state index contributed by atoms with van der Waals surface area (Å²) >= 11 is 0. The first kappa shape index (κ1) is 20.4. The number of nitrogens with zero attached hydrogens (tertiary/aromatic N) is 1. The summed E-state index contributed by atoms with van der Waals surface area (Å²) in [5.74, 6) is -1.15. The molecule has 4 rings (SSSR count). The van der Waals surface area contributed by atoms with Crippen LogP contribution in [-0.4, -0.2) is 43.2 Å². The van der Waals surface area contributed by atoms with E-state index in [0.29, 0.717) is 31.4 Å². The summed E-state index contributed by atoms with van der Waals surface area (Å²) in [4.78, 5) is 26.4. The Hall–Kier alpha value is -2.91. The maximum absolute atomic E-state index is 13.1.